The molecule has 0 aliphatic carbocycles. The van der Waals surface area contributed by atoms with Gasteiger partial charge >= 0.3 is 0 Å². The van der Waals surface area contributed by atoms with Crippen molar-refractivity contribution >= 4 is 63.0 Å². The normalized spacial score (nSPS) is 11.4. The second-order valence-electron chi connectivity index (χ2n) is 5.29. The molecule has 2 aromatic heterocycles. The van der Waals surface area contributed by atoms with Crippen LogP contribution in [0.4, 0.5) is 5.13 Å². The highest BCUT2D eigenvalue weighted by Gasteiger charge is 2.15. The van der Waals surface area contributed by atoms with Gasteiger partial charge in [-0.05, 0) is 29.8 Å². The molecule has 27 heavy (non-hydrogen) atoms. The predicted octanol–water partition coefficient (Wildman–Crippen LogP) is 4.79. The second kappa shape index (κ2) is 8.18. The van der Waals surface area contributed by atoms with Gasteiger partial charge in [0.25, 0.3) is 5.91 Å². The van der Waals surface area contributed by atoms with Crippen LogP contribution in [0.15, 0.2) is 35.3 Å². The first-order valence-corrected chi connectivity index (χ1v) is 9.96. The number of halogens is 2. The molecular weight excluding hydrogens is 429 g/mol. The van der Waals surface area contributed by atoms with E-state index in [1.54, 1.807) is 30.6 Å². The van der Waals surface area contributed by atoms with E-state index in [2.05, 4.69) is 15.6 Å². The van der Waals surface area contributed by atoms with Crippen LogP contribution in [0.1, 0.15) is 5.56 Å². The molecule has 1 amide bonds. The minimum absolute atomic E-state index is 0.231. The number of carbonyl (C=O) groups excluding carboxylic acids is 1. The minimum atomic E-state index is -0.402. The number of thiazole rings is 1. The number of aromatic hydroxyl groups is 2. The Labute approximate surface area is 172 Å². The number of benzene rings is 1. The summed E-state index contributed by atoms with van der Waals surface area (Å²) in [6.07, 6.45) is 1.54. The molecule has 3 rings (SSSR count). The number of carbonyl (C=O) groups is 1. The summed E-state index contributed by atoms with van der Waals surface area (Å²) in [5.41, 5.74) is 2.15. The number of phenols is 2. The van der Waals surface area contributed by atoms with E-state index in [1.165, 1.54) is 34.8 Å². The molecule has 2 heterocycles. The standard InChI is InChI=1S/C17H13Cl2N3O3S2/c1-20-10(4-8-2-3-12(23)13(24)5-8)16(25)22-17-21-11(7-26-17)9-6-14(18)27-15(9)19/h2-7,20,23-24H,1H3,(H,21,22,25)/b10-4-. The number of nitrogens with zero attached hydrogens (tertiary/aromatic N) is 1. The molecule has 1 aromatic carbocycles. The van der Waals surface area contributed by atoms with Gasteiger partial charge in [-0.3, -0.25) is 10.1 Å². The molecule has 6 nitrogen and oxygen atoms in total. The maximum absolute atomic E-state index is 12.5. The van der Waals surface area contributed by atoms with Gasteiger partial charge in [-0.25, -0.2) is 4.98 Å². The number of anilines is 1. The third-order valence-corrected chi connectivity index (χ3v) is 5.73. The highest BCUT2D eigenvalue weighted by molar-refractivity contribution is 7.20. The van der Waals surface area contributed by atoms with E-state index in [1.807, 2.05) is 0 Å². The first kappa shape index (κ1) is 19.5. The third kappa shape index (κ3) is 4.54. The summed E-state index contributed by atoms with van der Waals surface area (Å²) in [4.78, 5) is 16.9. The second-order valence-corrected chi connectivity index (χ2v) is 8.43. The van der Waals surface area contributed by atoms with Gasteiger partial charge in [0.2, 0.25) is 0 Å². The van der Waals surface area contributed by atoms with Crippen molar-refractivity contribution in [2.75, 3.05) is 12.4 Å². The van der Waals surface area contributed by atoms with Gasteiger partial charge in [-0.1, -0.05) is 29.3 Å². The Morgan fingerprint density at radius 1 is 1.22 bits per heavy atom. The van der Waals surface area contributed by atoms with E-state index >= 15 is 0 Å². The van der Waals surface area contributed by atoms with Gasteiger partial charge in [0.15, 0.2) is 16.6 Å². The molecule has 10 heteroatoms. The van der Waals surface area contributed by atoms with Gasteiger partial charge in [-0.15, -0.1) is 22.7 Å². The van der Waals surface area contributed by atoms with Crippen LogP contribution in [0.3, 0.4) is 0 Å². The minimum Gasteiger partial charge on any atom is -0.504 e. The Balaban J connectivity index is 1.78. The van der Waals surface area contributed by atoms with Gasteiger partial charge in [0, 0.05) is 18.0 Å². The first-order valence-electron chi connectivity index (χ1n) is 7.51. The molecule has 0 radical (unpaired) electrons. The Kier molecular flexibility index (Phi) is 5.91. The molecular formula is C17H13Cl2N3O3S2. The Hall–Kier alpha value is -2.26. The molecule has 0 aliphatic heterocycles. The highest BCUT2D eigenvalue weighted by atomic mass is 35.5. The summed E-state index contributed by atoms with van der Waals surface area (Å²) < 4.78 is 1.09. The molecule has 3 aromatic rings. The zero-order valence-corrected chi connectivity index (χ0v) is 16.9. The summed E-state index contributed by atoms with van der Waals surface area (Å²) in [6, 6.07) is 5.99. The summed E-state index contributed by atoms with van der Waals surface area (Å²) in [7, 11) is 1.60. The van der Waals surface area contributed by atoms with Crippen molar-refractivity contribution < 1.29 is 15.0 Å². The lowest BCUT2D eigenvalue weighted by atomic mass is 10.1. The van der Waals surface area contributed by atoms with Crippen LogP contribution in [-0.2, 0) is 4.79 Å². The van der Waals surface area contributed by atoms with Gasteiger partial charge in [0.1, 0.15) is 10.0 Å². The Bertz CT molecular complexity index is 1030. The lowest BCUT2D eigenvalue weighted by Crippen LogP contribution is -2.22. The zero-order valence-electron chi connectivity index (χ0n) is 13.8. The van der Waals surface area contributed by atoms with Crippen LogP contribution in [0.5, 0.6) is 11.5 Å². The molecule has 0 saturated heterocycles. The lowest BCUT2D eigenvalue weighted by molar-refractivity contribution is -0.113. The number of phenolic OH excluding ortho intramolecular Hbond substituents is 2. The van der Waals surface area contributed by atoms with Crippen LogP contribution in [0, 0.1) is 0 Å². The van der Waals surface area contributed by atoms with E-state index in [0.717, 1.165) is 0 Å². The van der Waals surface area contributed by atoms with Crippen molar-refractivity contribution in [1.82, 2.24) is 10.3 Å². The number of thiophene rings is 1. The Morgan fingerprint density at radius 2 is 2.00 bits per heavy atom. The monoisotopic (exact) mass is 441 g/mol. The predicted molar refractivity (Wildman–Crippen MR) is 111 cm³/mol. The van der Waals surface area contributed by atoms with E-state index in [9.17, 15) is 15.0 Å². The fourth-order valence-corrected chi connectivity index (χ4v) is 4.37. The number of likely N-dealkylation sites (N-methyl/N-ethyl adjacent to an activating group) is 1. The largest absolute Gasteiger partial charge is 0.504 e. The summed E-state index contributed by atoms with van der Waals surface area (Å²) in [6.45, 7) is 0. The lowest BCUT2D eigenvalue weighted by Gasteiger charge is -2.07. The van der Waals surface area contributed by atoms with Crippen molar-refractivity contribution in [3.8, 4) is 22.8 Å². The van der Waals surface area contributed by atoms with E-state index < -0.39 is 5.91 Å². The number of hydrogen-bond donors (Lipinski definition) is 4. The average Bonchev–Trinajstić information content (AvgIpc) is 3.21. The quantitative estimate of drug-likeness (QED) is 0.337. The summed E-state index contributed by atoms with van der Waals surface area (Å²) >= 11 is 14.6. The summed E-state index contributed by atoms with van der Waals surface area (Å²) in [5, 5.41) is 26.6. The molecule has 0 spiro atoms. The van der Waals surface area contributed by atoms with Crippen molar-refractivity contribution in [3.05, 3.63) is 49.6 Å². The van der Waals surface area contributed by atoms with Gasteiger partial charge in [-0.2, -0.15) is 0 Å². The fraction of sp³-hybridized carbons (Fsp3) is 0.0588. The smallest absolute Gasteiger partial charge is 0.273 e. The number of rotatable bonds is 5. The fourth-order valence-electron chi connectivity index (χ4n) is 2.18. The maximum Gasteiger partial charge on any atom is 0.273 e. The molecule has 4 N–H and O–H groups in total. The number of amides is 1. The van der Waals surface area contributed by atoms with Crippen molar-refractivity contribution in [1.29, 1.82) is 0 Å². The molecule has 0 aliphatic rings. The molecule has 140 valence electrons. The maximum atomic E-state index is 12.5. The van der Waals surface area contributed by atoms with Crippen molar-refractivity contribution in [2.45, 2.75) is 0 Å². The van der Waals surface area contributed by atoms with E-state index in [-0.39, 0.29) is 17.2 Å². The molecule has 0 fully saturated rings. The van der Waals surface area contributed by atoms with Crippen molar-refractivity contribution in [2.24, 2.45) is 0 Å². The third-order valence-electron chi connectivity index (χ3n) is 3.48. The molecule has 0 atom stereocenters. The molecule has 0 bridgehead atoms. The van der Waals surface area contributed by atoms with E-state index in [4.69, 9.17) is 23.2 Å². The van der Waals surface area contributed by atoms with Gasteiger partial charge < -0.3 is 15.5 Å². The molecule has 0 unspecified atom stereocenters. The highest BCUT2D eigenvalue weighted by Crippen LogP contribution is 2.39. The van der Waals surface area contributed by atoms with Crippen molar-refractivity contribution in [3.63, 3.8) is 0 Å². The number of nitrogens with one attached hydrogen (secondary N) is 2. The summed E-state index contributed by atoms with van der Waals surface area (Å²) in [5.74, 6) is -0.902. The van der Waals surface area contributed by atoms with Crippen LogP contribution in [-0.4, -0.2) is 28.2 Å². The van der Waals surface area contributed by atoms with Crippen LogP contribution in [0.2, 0.25) is 8.67 Å². The Morgan fingerprint density at radius 3 is 2.63 bits per heavy atom. The average molecular weight is 442 g/mol. The first-order chi connectivity index (χ1) is 12.9. The van der Waals surface area contributed by atoms with E-state index in [0.29, 0.717) is 30.6 Å². The van der Waals surface area contributed by atoms with Crippen LogP contribution in [0.25, 0.3) is 17.3 Å². The SMILES string of the molecule is CN/C(=C\c1ccc(O)c(O)c1)C(=O)Nc1nc(-c2cc(Cl)sc2Cl)cs1. The van der Waals surface area contributed by atoms with Gasteiger partial charge in [0.05, 0.1) is 10.0 Å². The number of hydrogen-bond acceptors (Lipinski definition) is 7. The topological polar surface area (TPSA) is 94.5 Å². The van der Waals surface area contributed by atoms with Crippen LogP contribution >= 0.6 is 45.9 Å². The molecule has 0 saturated carbocycles. The van der Waals surface area contributed by atoms with Crippen LogP contribution < -0.4 is 10.6 Å². The zero-order chi connectivity index (χ0) is 19.6. The number of aromatic nitrogens is 1.